The molecule has 25 heavy (non-hydrogen) atoms. The molecule has 0 atom stereocenters. The molecule has 1 heterocycles. The predicted molar refractivity (Wildman–Crippen MR) is 106 cm³/mol. The molecule has 1 aliphatic heterocycles. The third-order valence-corrected chi connectivity index (χ3v) is 4.62. The Kier molecular flexibility index (Phi) is 6.63. The van der Waals surface area contributed by atoms with Gasteiger partial charge in [-0.15, -0.1) is 0 Å². The van der Waals surface area contributed by atoms with Crippen LogP contribution in [-0.4, -0.2) is 23.7 Å². The number of fused-ring (bicyclic) bond motifs is 1. The maximum atomic E-state index is 10.7. The second-order valence-electron chi connectivity index (χ2n) is 6.87. The molecule has 0 saturated carbocycles. The van der Waals surface area contributed by atoms with Crippen LogP contribution < -0.4 is 4.90 Å². The van der Waals surface area contributed by atoms with Crippen LogP contribution in [-0.2, 0) is 11.2 Å². The van der Waals surface area contributed by atoms with Crippen molar-refractivity contribution in [1.82, 2.24) is 0 Å². The second kappa shape index (κ2) is 8.70. The van der Waals surface area contributed by atoms with Crippen molar-refractivity contribution in [3.8, 4) is 0 Å². The van der Waals surface area contributed by atoms with Gasteiger partial charge >= 0.3 is 5.97 Å². The second-order valence-corrected chi connectivity index (χ2v) is 6.87. The number of hydrogen-bond donors (Lipinski definition) is 1. The van der Waals surface area contributed by atoms with E-state index >= 15 is 0 Å². The summed E-state index contributed by atoms with van der Waals surface area (Å²) in [6.45, 7) is 9.58. The largest absolute Gasteiger partial charge is 0.478 e. The van der Waals surface area contributed by atoms with Gasteiger partial charge in [0.05, 0.1) is 0 Å². The zero-order valence-electron chi connectivity index (χ0n) is 15.7. The van der Waals surface area contributed by atoms with Gasteiger partial charge in [0, 0.05) is 24.4 Å². The fourth-order valence-electron chi connectivity index (χ4n) is 3.34. The summed E-state index contributed by atoms with van der Waals surface area (Å²) >= 11 is 0. The molecule has 3 nitrogen and oxygen atoms in total. The summed E-state index contributed by atoms with van der Waals surface area (Å²) in [5, 5.41) is 8.76. The molecule has 0 fully saturated rings. The summed E-state index contributed by atoms with van der Waals surface area (Å²) in [5.41, 5.74) is 6.07. The van der Waals surface area contributed by atoms with Crippen molar-refractivity contribution in [2.45, 2.75) is 53.0 Å². The highest BCUT2D eigenvalue weighted by atomic mass is 16.4. The van der Waals surface area contributed by atoms with Crippen molar-refractivity contribution in [3.63, 3.8) is 0 Å². The standard InChI is InChI=1S/C22H29NO2/c1-5-18(9-6-8-17(4)14-22(24)25)19-11-12-21-20(15-19)10-7-13-23(21)16(2)3/h6,8-9,11-12,14-16H,5,7,10,13H2,1-4H3,(H,24,25)/b8-6+,17-14+,18-9+. The van der Waals surface area contributed by atoms with E-state index in [2.05, 4.69) is 49.9 Å². The molecule has 2 rings (SSSR count). The average Bonchev–Trinajstić information content (AvgIpc) is 2.57. The fraction of sp³-hybridized carbons (Fsp3) is 0.409. The van der Waals surface area contributed by atoms with Crippen LogP contribution in [0.4, 0.5) is 5.69 Å². The Balaban J connectivity index is 2.25. The highest BCUT2D eigenvalue weighted by Gasteiger charge is 2.19. The number of benzene rings is 1. The highest BCUT2D eigenvalue weighted by molar-refractivity contribution is 5.81. The first kappa shape index (κ1) is 19.0. The molecular weight excluding hydrogens is 310 g/mol. The number of carboxylic acids is 1. The Bertz CT molecular complexity index is 711. The molecule has 0 aliphatic carbocycles. The molecule has 0 amide bonds. The van der Waals surface area contributed by atoms with Crippen LogP contribution >= 0.6 is 0 Å². The van der Waals surface area contributed by atoms with Gasteiger partial charge in [0.25, 0.3) is 0 Å². The van der Waals surface area contributed by atoms with Crippen molar-refractivity contribution in [1.29, 1.82) is 0 Å². The van der Waals surface area contributed by atoms with Crippen molar-refractivity contribution >= 4 is 17.2 Å². The van der Waals surface area contributed by atoms with E-state index in [-0.39, 0.29) is 0 Å². The quantitative estimate of drug-likeness (QED) is 0.570. The van der Waals surface area contributed by atoms with Gasteiger partial charge in [0.15, 0.2) is 0 Å². The van der Waals surface area contributed by atoms with Crippen LogP contribution in [0.2, 0.25) is 0 Å². The first-order valence-corrected chi connectivity index (χ1v) is 9.10. The third kappa shape index (κ3) is 5.09. The Morgan fingerprint density at radius 3 is 2.76 bits per heavy atom. The van der Waals surface area contributed by atoms with Crippen LogP contribution in [0.15, 0.2) is 48.1 Å². The zero-order chi connectivity index (χ0) is 18.4. The molecule has 0 radical (unpaired) electrons. The highest BCUT2D eigenvalue weighted by Crippen LogP contribution is 2.32. The number of aryl methyl sites for hydroxylation is 1. The molecule has 1 aromatic carbocycles. The third-order valence-electron chi connectivity index (χ3n) is 4.62. The maximum absolute atomic E-state index is 10.7. The minimum absolute atomic E-state index is 0.526. The first-order chi connectivity index (χ1) is 11.9. The molecule has 0 aromatic heterocycles. The summed E-state index contributed by atoms with van der Waals surface area (Å²) < 4.78 is 0. The van der Waals surface area contributed by atoms with E-state index in [0.29, 0.717) is 6.04 Å². The van der Waals surface area contributed by atoms with Crippen molar-refractivity contribution in [2.24, 2.45) is 0 Å². The van der Waals surface area contributed by atoms with Crippen LogP contribution in [0.5, 0.6) is 0 Å². The number of carboxylic acid groups (broad SMARTS) is 1. The number of carbonyl (C=O) groups is 1. The lowest BCUT2D eigenvalue weighted by atomic mass is 9.94. The molecule has 0 saturated heterocycles. The van der Waals surface area contributed by atoms with E-state index in [0.717, 1.165) is 25.0 Å². The fourth-order valence-corrected chi connectivity index (χ4v) is 3.34. The van der Waals surface area contributed by atoms with Crippen LogP contribution in [0.3, 0.4) is 0 Å². The predicted octanol–water partition coefficient (Wildman–Crippen LogP) is 5.23. The SMILES string of the molecule is CC\C(=C/C=C/C(C)=C/C(=O)O)c1ccc2c(c1)CCCN2C(C)C. The van der Waals surface area contributed by atoms with Gasteiger partial charge in [-0.3, -0.25) is 0 Å². The molecule has 1 N–H and O–H groups in total. The van der Waals surface area contributed by atoms with E-state index in [9.17, 15) is 4.79 Å². The minimum atomic E-state index is -0.911. The number of anilines is 1. The van der Waals surface area contributed by atoms with Gasteiger partial charge in [-0.2, -0.15) is 0 Å². The number of nitrogens with zero attached hydrogens (tertiary/aromatic N) is 1. The maximum Gasteiger partial charge on any atom is 0.328 e. The van der Waals surface area contributed by atoms with Crippen molar-refractivity contribution in [3.05, 3.63) is 59.2 Å². The normalized spacial score (nSPS) is 15.8. The van der Waals surface area contributed by atoms with E-state index in [1.807, 2.05) is 12.2 Å². The van der Waals surface area contributed by atoms with Crippen LogP contribution in [0.25, 0.3) is 5.57 Å². The van der Waals surface area contributed by atoms with Crippen LogP contribution in [0.1, 0.15) is 51.7 Å². The lowest BCUT2D eigenvalue weighted by Gasteiger charge is -2.35. The molecule has 1 aromatic rings. The molecule has 1 aliphatic rings. The summed E-state index contributed by atoms with van der Waals surface area (Å²) in [6.07, 6.45) is 10.4. The summed E-state index contributed by atoms with van der Waals surface area (Å²) in [7, 11) is 0. The topological polar surface area (TPSA) is 40.5 Å². The summed E-state index contributed by atoms with van der Waals surface area (Å²) in [5.74, 6) is -0.911. The first-order valence-electron chi connectivity index (χ1n) is 9.10. The van der Waals surface area contributed by atoms with Gasteiger partial charge < -0.3 is 10.0 Å². The Morgan fingerprint density at radius 2 is 2.12 bits per heavy atom. The molecule has 0 unspecified atom stereocenters. The van der Waals surface area contributed by atoms with Crippen molar-refractivity contribution < 1.29 is 9.90 Å². The average molecular weight is 339 g/mol. The van der Waals surface area contributed by atoms with Gasteiger partial charge in [-0.25, -0.2) is 4.79 Å². The van der Waals surface area contributed by atoms with E-state index < -0.39 is 5.97 Å². The van der Waals surface area contributed by atoms with Crippen molar-refractivity contribution in [2.75, 3.05) is 11.4 Å². The molecular formula is C22H29NO2. The van der Waals surface area contributed by atoms with E-state index in [4.69, 9.17) is 5.11 Å². The number of aliphatic carboxylic acids is 1. The Morgan fingerprint density at radius 1 is 1.36 bits per heavy atom. The zero-order valence-corrected chi connectivity index (χ0v) is 15.7. The van der Waals surface area contributed by atoms with Gasteiger partial charge in [0.2, 0.25) is 0 Å². The van der Waals surface area contributed by atoms with Gasteiger partial charge in [-0.05, 0) is 74.4 Å². The lowest BCUT2D eigenvalue weighted by Crippen LogP contribution is -2.35. The Hall–Kier alpha value is -2.29. The molecule has 0 spiro atoms. The molecule has 0 bridgehead atoms. The van der Waals surface area contributed by atoms with Gasteiger partial charge in [-0.1, -0.05) is 31.2 Å². The van der Waals surface area contributed by atoms with E-state index in [1.54, 1.807) is 6.92 Å². The van der Waals surface area contributed by atoms with Crippen LogP contribution in [0, 0.1) is 0 Å². The number of hydrogen-bond acceptors (Lipinski definition) is 2. The summed E-state index contributed by atoms with van der Waals surface area (Å²) in [4.78, 5) is 13.1. The number of rotatable bonds is 6. The summed E-state index contributed by atoms with van der Waals surface area (Å²) in [6, 6.07) is 7.32. The minimum Gasteiger partial charge on any atom is -0.478 e. The van der Waals surface area contributed by atoms with Gasteiger partial charge in [0.1, 0.15) is 0 Å². The number of allylic oxidation sites excluding steroid dienone is 5. The smallest absolute Gasteiger partial charge is 0.328 e. The van der Waals surface area contributed by atoms with E-state index in [1.165, 1.54) is 34.9 Å². The molecule has 3 heteroatoms. The lowest BCUT2D eigenvalue weighted by molar-refractivity contribution is -0.131. The Labute approximate surface area is 151 Å². The molecule has 134 valence electrons. The monoisotopic (exact) mass is 339 g/mol.